The molecular formula is C15H21N3. The van der Waals surface area contributed by atoms with E-state index in [2.05, 4.69) is 39.5 Å². The SMILES string of the molecule is CN=C(NCCC1CC1)N1CCc2ccccc21. The highest BCUT2D eigenvalue weighted by Gasteiger charge is 2.24. The van der Waals surface area contributed by atoms with E-state index in [0.29, 0.717) is 0 Å². The average Bonchev–Trinajstić information content (AvgIpc) is 3.13. The molecule has 0 atom stereocenters. The summed E-state index contributed by atoms with van der Waals surface area (Å²) < 4.78 is 0. The van der Waals surface area contributed by atoms with Gasteiger partial charge in [0.05, 0.1) is 0 Å². The summed E-state index contributed by atoms with van der Waals surface area (Å²) in [5.41, 5.74) is 2.75. The number of hydrogen-bond acceptors (Lipinski definition) is 1. The molecule has 0 radical (unpaired) electrons. The van der Waals surface area contributed by atoms with E-state index >= 15 is 0 Å². The van der Waals surface area contributed by atoms with Crippen LogP contribution in [0, 0.1) is 5.92 Å². The number of benzene rings is 1. The van der Waals surface area contributed by atoms with Gasteiger partial charge in [0.25, 0.3) is 0 Å². The molecule has 0 spiro atoms. The first-order valence-corrected chi connectivity index (χ1v) is 6.94. The van der Waals surface area contributed by atoms with Crippen LogP contribution in [0.25, 0.3) is 0 Å². The number of nitrogens with one attached hydrogen (secondary N) is 1. The first kappa shape index (κ1) is 11.6. The second-order valence-corrected chi connectivity index (χ2v) is 5.24. The number of guanidine groups is 1. The molecule has 96 valence electrons. The largest absolute Gasteiger partial charge is 0.356 e. The Morgan fingerprint density at radius 3 is 3.00 bits per heavy atom. The monoisotopic (exact) mass is 243 g/mol. The lowest BCUT2D eigenvalue weighted by Gasteiger charge is -2.22. The highest BCUT2D eigenvalue weighted by atomic mass is 15.3. The molecule has 0 aromatic heterocycles. The molecule has 1 fully saturated rings. The van der Waals surface area contributed by atoms with Gasteiger partial charge in [-0.2, -0.15) is 0 Å². The predicted molar refractivity (Wildman–Crippen MR) is 76.2 cm³/mol. The molecular weight excluding hydrogens is 222 g/mol. The molecule has 2 aliphatic rings. The topological polar surface area (TPSA) is 27.6 Å². The summed E-state index contributed by atoms with van der Waals surface area (Å²) in [4.78, 5) is 6.73. The zero-order chi connectivity index (χ0) is 12.4. The lowest BCUT2D eigenvalue weighted by molar-refractivity contribution is 0.693. The number of anilines is 1. The van der Waals surface area contributed by atoms with Crippen molar-refractivity contribution in [3.8, 4) is 0 Å². The zero-order valence-corrected chi connectivity index (χ0v) is 11.0. The van der Waals surface area contributed by atoms with Gasteiger partial charge in [-0.15, -0.1) is 0 Å². The van der Waals surface area contributed by atoms with E-state index in [1.165, 1.54) is 30.5 Å². The third-order valence-electron chi connectivity index (χ3n) is 3.89. The summed E-state index contributed by atoms with van der Waals surface area (Å²) in [7, 11) is 1.88. The molecule has 3 nitrogen and oxygen atoms in total. The first-order valence-electron chi connectivity index (χ1n) is 6.94. The molecule has 1 saturated carbocycles. The minimum absolute atomic E-state index is 0.974. The Hall–Kier alpha value is -1.51. The normalized spacial score (nSPS) is 18.9. The van der Waals surface area contributed by atoms with Crippen LogP contribution in [0.3, 0.4) is 0 Å². The number of para-hydroxylation sites is 1. The maximum Gasteiger partial charge on any atom is 0.198 e. The van der Waals surface area contributed by atoms with Gasteiger partial charge in [-0.3, -0.25) is 4.99 Å². The standard InChI is InChI=1S/C15H21N3/c1-16-15(17-10-8-12-6-7-12)18-11-9-13-4-2-3-5-14(13)18/h2-5,12H,6-11H2,1H3,(H,16,17). The number of fused-ring (bicyclic) bond motifs is 1. The van der Waals surface area contributed by atoms with Crippen molar-refractivity contribution >= 4 is 11.6 Å². The number of rotatable bonds is 3. The van der Waals surface area contributed by atoms with Gasteiger partial charge in [0.2, 0.25) is 0 Å². The molecule has 3 rings (SSSR count). The van der Waals surface area contributed by atoms with Crippen molar-refractivity contribution in [3.05, 3.63) is 29.8 Å². The van der Waals surface area contributed by atoms with E-state index in [0.717, 1.165) is 31.4 Å². The van der Waals surface area contributed by atoms with Crippen LogP contribution in [-0.2, 0) is 6.42 Å². The van der Waals surface area contributed by atoms with E-state index in [1.54, 1.807) is 0 Å². The van der Waals surface area contributed by atoms with E-state index in [9.17, 15) is 0 Å². The van der Waals surface area contributed by atoms with E-state index in [1.807, 2.05) is 7.05 Å². The van der Waals surface area contributed by atoms with Gasteiger partial charge in [0.15, 0.2) is 5.96 Å². The van der Waals surface area contributed by atoms with Gasteiger partial charge < -0.3 is 10.2 Å². The Kier molecular flexibility index (Phi) is 3.22. The quantitative estimate of drug-likeness (QED) is 0.652. The van der Waals surface area contributed by atoms with Crippen LogP contribution in [0.5, 0.6) is 0 Å². The summed E-state index contributed by atoms with van der Waals surface area (Å²) in [5.74, 6) is 2.00. The lowest BCUT2D eigenvalue weighted by Crippen LogP contribution is -2.41. The maximum atomic E-state index is 4.42. The van der Waals surface area contributed by atoms with Crippen molar-refractivity contribution in [2.45, 2.75) is 25.7 Å². The van der Waals surface area contributed by atoms with E-state index in [-0.39, 0.29) is 0 Å². The first-order chi connectivity index (χ1) is 8.88. The molecule has 1 heterocycles. The van der Waals surface area contributed by atoms with Crippen LogP contribution < -0.4 is 10.2 Å². The zero-order valence-electron chi connectivity index (χ0n) is 11.0. The van der Waals surface area contributed by atoms with Gasteiger partial charge in [0, 0.05) is 25.8 Å². The van der Waals surface area contributed by atoms with Gasteiger partial charge in [-0.25, -0.2) is 0 Å². The van der Waals surface area contributed by atoms with Crippen LogP contribution in [-0.4, -0.2) is 26.1 Å². The molecule has 1 N–H and O–H groups in total. The third-order valence-corrected chi connectivity index (χ3v) is 3.89. The van der Waals surface area contributed by atoms with Crippen molar-refractivity contribution < 1.29 is 0 Å². The van der Waals surface area contributed by atoms with Gasteiger partial charge >= 0.3 is 0 Å². The molecule has 0 amide bonds. The number of hydrogen-bond donors (Lipinski definition) is 1. The van der Waals surface area contributed by atoms with E-state index < -0.39 is 0 Å². The van der Waals surface area contributed by atoms with Crippen LogP contribution in [0.2, 0.25) is 0 Å². The molecule has 0 bridgehead atoms. The highest BCUT2D eigenvalue weighted by Crippen LogP contribution is 2.32. The fourth-order valence-electron chi connectivity index (χ4n) is 2.65. The van der Waals surface area contributed by atoms with Crippen molar-refractivity contribution in [2.75, 3.05) is 25.0 Å². The Bertz CT molecular complexity index is 449. The molecule has 3 heteroatoms. The fraction of sp³-hybridized carbons (Fsp3) is 0.533. The summed E-state index contributed by atoms with van der Waals surface area (Å²) in [6.45, 7) is 2.10. The highest BCUT2D eigenvalue weighted by molar-refractivity contribution is 5.97. The maximum absolute atomic E-state index is 4.42. The van der Waals surface area contributed by atoms with Crippen molar-refractivity contribution in [2.24, 2.45) is 10.9 Å². The third kappa shape index (κ3) is 2.35. The van der Waals surface area contributed by atoms with Crippen LogP contribution in [0.15, 0.2) is 29.3 Å². The van der Waals surface area contributed by atoms with Gasteiger partial charge in [-0.1, -0.05) is 31.0 Å². The Morgan fingerprint density at radius 1 is 1.39 bits per heavy atom. The summed E-state index contributed by atoms with van der Waals surface area (Å²) in [5, 5.41) is 3.50. The smallest absolute Gasteiger partial charge is 0.198 e. The molecule has 18 heavy (non-hydrogen) atoms. The van der Waals surface area contributed by atoms with Gasteiger partial charge in [-0.05, 0) is 30.4 Å². The molecule has 0 unspecified atom stereocenters. The minimum Gasteiger partial charge on any atom is -0.356 e. The Morgan fingerprint density at radius 2 is 2.22 bits per heavy atom. The van der Waals surface area contributed by atoms with E-state index in [4.69, 9.17) is 0 Å². The van der Waals surface area contributed by atoms with Gasteiger partial charge in [0.1, 0.15) is 0 Å². The Balaban J connectivity index is 1.65. The molecule has 0 saturated heterocycles. The van der Waals surface area contributed by atoms with Crippen LogP contribution in [0.4, 0.5) is 5.69 Å². The number of aliphatic imine (C=N–C) groups is 1. The molecule has 1 aliphatic heterocycles. The second-order valence-electron chi connectivity index (χ2n) is 5.24. The summed E-state index contributed by atoms with van der Waals surface area (Å²) in [6, 6.07) is 8.63. The Labute approximate surface area is 109 Å². The molecule has 1 aromatic carbocycles. The fourth-order valence-corrected chi connectivity index (χ4v) is 2.65. The lowest BCUT2D eigenvalue weighted by atomic mass is 10.2. The minimum atomic E-state index is 0.974. The van der Waals surface area contributed by atoms with Crippen molar-refractivity contribution in [1.29, 1.82) is 0 Å². The summed E-state index contributed by atoms with van der Waals surface area (Å²) >= 11 is 0. The van der Waals surface area contributed by atoms with Crippen LogP contribution >= 0.6 is 0 Å². The molecule has 1 aromatic rings. The predicted octanol–water partition coefficient (Wildman–Crippen LogP) is 2.42. The summed E-state index contributed by atoms with van der Waals surface area (Å²) in [6.07, 6.45) is 5.26. The van der Waals surface area contributed by atoms with Crippen molar-refractivity contribution in [3.63, 3.8) is 0 Å². The second kappa shape index (κ2) is 5.01. The van der Waals surface area contributed by atoms with Crippen LogP contribution in [0.1, 0.15) is 24.8 Å². The van der Waals surface area contributed by atoms with Crippen molar-refractivity contribution in [1.82, 2.24) is 5.32 Å². The number of nitrogens with zero attached hydrogens (tertiary/aromatic N) is 2. The average molecular weight is 243 g/mol. The molecule has 1 aliphatic carbocycles.